The summed E-state index contributed by atoms with van der Waals surface area (Å²) in [6.07, 6.45) is 4.25. The molecule has 6 rings (SSSR count). The number of carbonyl (C=O) groups excluding carboxylic acids is 1. The van der Waals surface area contributed by atoms with Crippen molar-refractivity contribution in [2.45, 2.75) is 32.5 Å². The van der Waals surface area contributed by atoms with Crippen molar-refractivity contribution in [1.29, 1.82) is 5.26 Å². The van der Waals surface area contributed by atoms with Gasteiger partial charge in [0.05, 0.1) is 23.1 Å². The molecule has 2 aromatic carbocycles. The van der Waals surface area contributed by atoms with E-state index in [1.54, 1.807) is 58.7 Å². The van der Waals surface area contributed by atoms with Gasteiger partial charge in [-0.15, -0.1) is 0 Å². The molecule has 5 aromatic rings. The minimum Gasteiger partial charge on any atom is -0.333 e. The van der Waals surface area contributed by atoms with Crippen molar-refractivity contribution in [1.82, 2.24) is 24.3 Å². The zero-order valence-electron chi connectivity index (χ0n) is 22.3. The van der Waals surface area contributed by atoms with Crippen LogP contribution in [0, 0.1) is 11.3 Å². The number of hydrogen-bond acceptors (Lipinski definition) is 5. The molecule has 8 nitrogen and oxygen atoms in total. The van der Waals surface area contributed by atoms with Crippen molar-refractivity contribution in [3.05, 3.63) is 95.0 Å². The molecule has 4 heterocycles. The molecule has 11 heteroatoms. The molecule has 206 valence electrons. The second-order valence-corrected chi connectivity index (χ2v) is 10.0. The van der Waals surface area contributed by atoms with Gasteiger partial charge >= 0.3 is 6.18 Å². The van der Waals surface area contributed by atoms with Crippen LogP contribution < -0.4 is 4.90 Å². The van der Waals surface area contributed by atoms with E-state index in [9.17, 15) is 23.2 Å². The Morgan fingerprint density at radius 3 is 2.59 bits per heavy atom. The molecule has 0 saturated heterocycles. The van der Waals surface area contributed by atoms with Gasteiger partial charge in [0.15, 0.2) is 5.69 Å². The summed E-state index contributed by atoms with van der Waals surface area (Å²) in [7, 11) is 1.45. The van der Waals surface area contributed by atoms with Gasteiger partial charge in [0.1, 0.15) is 6.07 Å². The number of rotatable bonds is 5. The lowest BCUT2D eigenvalue weighted by Crippen LogP contribution is -2.38. The number of aryl methyl sites for hydroxylation is 2. The number of carbonyl (C=O) groups is 1. The molecular formula is C30H24F3N7O. The predicted octanol–water partition coefficient (Wildman–Crippen LogP) is 5.54. The highest BCUT2D eigenvalue weighted by Crippen LogP contribution is 2.41. The number of alkyl halides is 3. The number of fused-ring (bicyclic) bond motifs is 2. The smallest absolute Gasteiger partial charge is 0.333 e. The topological polar surface area (TPSA) is 92.6 Å². The van der Waals surface area contributed by atoms with E-state index in [2.05, 4.69) is 21.1 Å². The highest BCUT2D eigenvalue weighted by molar-refractivity contribution is 6.13. The van der Waals surface area contributed by atoms with Crippen LogP contribution in [0.15, 0.2) is 61.4 Å². The summed E-state index contributed by atoms with van der Waals surface area (Å²) in [5.41, 5.74) is 3.29. The first-order valence-electron chi connectivity index (χ1n) is 13.0. The number of nitrogens with zero attached hydrogens (tertiary/aromatic N) is 7. The maximum atomic E-state index is 14.2. The Bertz CT molecular complexity index is 1850. The maximum absolute atomic E-state index is 14.2. The first-order chi connectivity index (χ1) is 19.7. The minimum absolute atomic E-state index is 0.0643. The van der Waals surface area contributed by atoms with Gasteiger partial charge in [-0.1, -0.05) is 6.92 Å². The summed E-state index contributed by atoms with van der Waals surface area (Å²) >= 11 is 0. The normalized spacial score (nSPS) is 13.5. The molecule has 41 heavy (non-hydrogen) atoms. The van der Waals surface area contributed by atoms with Crippen molar-refractivity contribution in [3.8, 4) is 17.2 Å². The molecule has 0 atom stereocenters. The van der Waals surface area contributed by atoms with Gasteiger partial charge in [0, 0.05) is 61.4 Å². The molecule has 3 aromatic heterocycles. The molecular weight excluding hydrogens is 531 g/mol. The molecule has 0 spiro atoms. The summed E-state index contributed by atoms with van der Waals surface area (Å²) in [6.45, 7) is 2.55. The second kappa shape index (κ2) is 9.89. The van der Waals surface area contributed by atoms with E-state index in [0.29, 0.717) is 63.8 Å². The number of nitriles is 1. The van der Waals surface area contributed by atoms with E-state index in [0.717, 1.165) is 10.2 Å². The Morgan fingerprint density at radius 1 is 1.07 bits per heavy atom. The Hall–Kier alpha value is -4.98. The summed E-state index contributed by atoms with van der Waals surface area (Å²) < 4.78 is 45.0. The average Bonchev–Trinajstić information content (AvgIpc) is 3.62. The number of benzene rings is 2. The Kier molecular flexibility index (Phi) is 6.33. The van der Waals surface area contributed by atoms with Crippen LogP contribution >= 0.6 is 0 Å². The van der Waals surface area contributed by atoms with E-state index in [1.807, 2.05) is 13.0 Å². The van der Waals surface area contributed by atoms with Crippen LogP contribution in [0.5, 0.6) is 0 Å². The Morgan fingerprint density at radius 2 is 1.88 bits per heavy atom. The highest BCUT2D eigenvalue weighted by atomic mass is 19.4. The van der Waals surface area contributed by atoms with Crippen molar-refractivity contribution in [2.24, 2.45) is 7.05 Å². The molecule has 1 aliphatic rings. The fourth-order valence-electron chi connectivity index (χ4n) is 5.54. The first kappa shape index (κ1) is 26.3. The molecule has 0 bridgehead atoms. The molecule has 0 radical (unpaired) electrons. The fourth-order valence-corrected chi connectivity index (χ4v) is 5.54. The lowest BCUT2D eigenvalue weighted by Gasteiger charge is -2.31. The molecule has 1 aliphatic heterocycles. The van der Waals surface area contributed by atoms with E-state index >= 15 is 0 Å². The third-order valence-corrected chi connectivity index (χ3v) is 7.38. The van der Waals surface area contributed by atoms with Gasteiger partial charge in [-0.25, -0.2) is 4.98 Å². The van der Waals surface area contributed by atoms with Crippen LogP contribution in [0.4, 0.5) is 18.9 Å². The molecule has 0 fully saturated rings. The van der Waals surface area contributed by atoms with Gasteiger partial charge in [0.25, 0.3) is 5.91 Å². The van der Waals surface area contributed by atoms with Crippen LogP contribution in [0.1, 0.15) is 45.2 Å². The van der Waals surface area contributed by atoms with E-state index in [4.69, 9.17) is 0 Å². The summed E-state index contributed by atoms with van der Waals surface area (Å²) in [4.78, 5) is 24.3. The van der Waals surface area contributed by atoms with Gasteiger partial charge in [-0.2, -0.15) is 23.5 Å². The first-order valence-corrected chi connectivity index (χ1v) is 13.0. The second-order valence-electron chi connectivity index (χ2n) is 10.0. The highest BCUT2D eigenvalue weighted by Gasteiger charge is 2.39. The molecule has 1 amide bonds. The lowest BCUT2D eigenvalue weighted by atomic mass is 9.87. The number of anilines is 1. The van der Waals surface area contributed by atoms with E-state index in [-0.39, 0.29) is 18.0 Å². The van der Waals surface area contributed by atoms with Gasteiger partial charge in [-0.05, 0) is 65.4 Å². The van der Waals surface area contributed by atoms with Gasteiger partial charge < -0.3 is 9.47 Å². The van der Waals surface area contributed by atoms with Crippen molar-refractivity contribution in [3.63, 3.8) is 0 Å². The quantitative estimate of drug-likeness (QED) is 0.284. The van der Waals surface area contributed by atoms with Gasteiger partial charge in [0.2, 0.25) is 0 Å². The van der Waals surface area contributed by atoms with Crippen molar-refractivity contribution < 1.29 is 18.0 Å². The SMILES string of the molecule is CCc1cc(C#N)c2nccc(N3CCc4c(cc(Cn5ccnc5)cc4-c4cn(C)nc4C(F)(F)F)C3=O)c2c1. The molecule has 0 N–H and O–H groups in total. The van der Waals surface area contributed by atoms with Crippen LogP contribution in [-0.4, -0.2) is 36.8 Å². The number of imidazole rings is 1. The largest absolute Gasteiger partial charge is 0.435 e. The molecule has 0 saturated carbocycles. The minimum atomic E-state index is -4.67. The number of aromatic nitrogens is 5. The number of amides is 1. The van der Waals surface area contributed by atoms with Crippen molar-refractivity contribution >= 4 is 22.5 Å². The third kappa shape index (κ3) is 4.61. The molecule has 0 unspecified atom stereocenters. The van der Waals surface area contributed by atoms with Crippen LogP contribution in [0.3, 0.4) is 0 Å². The van der Waals surface area contributed by atoms with Crippen LogP contribution in [0.25, 0.3) is 22.0 Å². The monoisotopic (exact) mass is 555 g/mol. The van der Waals surface area contributed by atoms with Crippen molar-refractivity contribution in [2.75, 3.05) is 11.4 Å². The van der Waals surface area contributed by atoms with E-state index in [1.165, 1.54) is 13.2 Å². The summed E-state index contributed by atoms with van der Waals surface area (Å²) in [6, 6.07) is 11.1. The average molecular weight is 556 g/mol. The zero-order valence-corrected chi connectivity index (χ0v) is 22.3. The van der Waals surface area contributed by atoms with Gasteiger partial charge in [-0.3, -0.25) is 14.5 Å². The van der Waals surface area contributed by atoms with Crippen LogP contribution in [0.2, 0.25) is 0 Å². The maximum Gasteiger partial charge on any atom is 0.435 e. The number of halogens is 3. The number of pyridine rings is 1. The van der Waals surface area contributed by atoms with Crippen LogP contribution in [-0.2, 0) is 32.6 Å². The summed E-state index contributed by atoms with van der Waals surface area (Å²) in [5, 5.41) is 14.1. The third-order valence-electron chi connectivity index (χ3n) is 7.38. The fraction of sp³-hybridized carbons (Fsp3) is 0.233. The summed E-state index contributed by atoms with van der Waals surface area (Å²) in [5.74, 6) is -0.328. The Labute approximate surface area is 233 Å². The molecule has 0 aliphatic carbocycles. The van der Waals surface area contributed by atoms with E-state index < -0.39 is 11.9 Å². The standard InChI is InChI=1S/C30H24F3N7O/c1-3-18-10-20(14-34)27-24(11-18)26(4-6-36-27)40-8-5-21-22(25-16-38(2)37-28(25)30(31,32)33)12-19(13-23(21)29(40)41)15-39-9-7-35-17-39/h4,6-7,9-13,16-17H,3,5,8,15H2,1-2H3. The Balaban J connectivity index is 1.53. The number of hydrogen-bond donors (Lipinski definition) is 0. The zero-order chi connectivity index (χ0) is 28.9. The lowest BCUT2D eigenvalue weighted by molar-refractivity contribution is -0.140. The predicted molar refractivity (Wildman–Crippen MR) is 146 cm³/mol.